The van der Waals surface area contributed by atoms with Crippen LogP contribution >= 0.6 is 0 Å². The van der Waals surface area contributed by atoms with Crippen molar-refractivity contribution in [3.05, 3.63) is 47.9 Å². The van der Waals surface area contributed by atoms with Crippen LogP contribution in [-0.2, 0) is 6.54 Å². The van der Waals surface area contributed by atoms with Crippen LogP contribution in [0.3, 0.4) is 0 Å². The standard InChI is InChI=1S/C17H22N4O/c1-18-17-11-19-10-14(20-17)15-7-5-9-21(15)12-13-6-3-4-8-16(13)22-2/h3-4,6,8,10-11,15H,5,7,9,12H2,1-2H3,(H,18,20)/t15-/m1/s1. The molecule has 2 aromatic rings. The molecule has 0 spiro atoms. The van der Waals surface area contributed by atoms with Crippen LogP contribution in [-0.4, -0.2) is 35.6 Å². The number of benzene rings is 1. The first-order chi connectivity index (χ1) is 10.8. The SMILES string of the molecule is CNc1cncc([C@H]2CCCN2Cc2ccccc2OC)n1. The van der Waals surface area contributed by atoms with Crippen molar-refractivity contribution in [2.45, 2.75) is 25.4 Å². The summed E-state index contributed by atoms with van der Waals surface area (Å²) in [5.74, 6) is 1.77. The molecule has 0 bridgehead atoms. The average Bonchev–Trinajstić information content (AvgIpc) is 3.03. The third-order valence-corrected chi connectivity index (χ3v) is 4.18. The molecule has 5 heteroatoms. The molecule has 0 saturated carbocycles. The van der Waals surface area contributed by atoms with Crippen molar-refractivity contribution >= 4 is 5.82 Å². The third kappa shape index (κ3) is 3.04. The number of aromatic nitrogens is 2. The molecule has 0 aliphatic carbocycles. The van der Waals surface area contributed by atoms with Crippen molar-refractivity contribution in [2.75, 3.05) is 26.0 Å². The first kappa shape index (κ1) is 14.8. The van der Waals surface area contributed by atoms with Gasteiger partial charge in [0.1, 0.15) is 11.6 Å². The molecule has 1 atom stereocenters. The van der Waals surface area contributed by atoms with Crippen molar-refractivity contribution < 1.29 is 4.74 Å². The Bertz CT molecular complexity index is 632. The third-order valence-electron chi connectivity index (χ3n) is 4.18. The minimum absolute atomic E-state index is 0.325. The summed E-state index contributed by atoms with van der Waals surface area (Å²) in [6.45, 7) is 1.95. The van der Waals surface area contributed by atoms with E-state index in [0.717, 1.165) is 36.8 Å². The second-order valence-electron chi connectivity index (χ2n) is 5.52. The Labute approximate surface area is 131 Å². The summed E-state index contributed by atoms with van der Waals surface area (Å²) in [6, 6.07) is 8.53. The molecule has 1 aromatic carbocycles. The second-order valence-corrected chi connectivity index (χ2v) is 5.52. The van der Waals surface area contributed by atoms with E-state index < -0.39 is 0 Å². The van der Waals surface area contributed by atoms with E-state index in [4.69, 9.17) is 4.74 Å². The largest absolute Gasteiger partial charge is 0.496 e. The number of anilines is 1. The van der Waals surface area contributed by atoms with Crippen LogP contribution in [0.25, 0.3) is 0 Å². The van der Waals surface area contributed by atoms with Crippen molar-refractivity contribution in [2.24, 2.45) is 0 Å². The molecular weight excluding hydrogens is 276 g/mol. The molecule has 5 nitrogen and oxygen atoms in total. The predicted molar refractivity (Wildman–Crippen MR) is 87.0 cm³/mol. The maximum absolute atomic E-state index is 5.47. The number of para-hydroxylation sites is 1. The van der Waals surface area contributed by atoms with Crippen molar-refractivity contribution in [3.8, 4) is 5.75 Å². The van der Waals surface area contributed by atoms with Gasteiger partial charge in [-0.25, -0.2) is 4.98 Å². The molecule has 1 N–H and O–H groups in total. The highest BCUT2D eigenvalue weighted by Crippen LogP contribution is 2.33. The highest BCUT2D eigenvalue weighted by Gasteiger charge is 2.28. The maximum atomic E-state index is 5.47. The van der Waals surface area contributed by atoms with Gasteiger partial charge in [0.05, 0.1) is 31.2 Å². The van der Waals surface area contributed by atoms with Crippen LogP contribution in [0.5, 0.6) is 5.75 Å². The Morgan fingerprint density at radius 3 is 3.00 bits per heavy atom. The summed E-state index contributed by atoms with van der Waals surface area (Å²) < 4.78 is 5.47. The van der Waals surface area contributed by atoms with Crippen LogP contribution in [0, 0.1) is 0 Å². The van der Waals surface area contributed by atoms with Gasteiger partial charge in [0.2, 0.25) is 0 Å². The van der Waals surface area contributed by atoms with Crippen molar-refractivity contribution in [1.82, 2.24) is 14.9 Å². The van der Waals surface area contributed by atoms with Gasteiger partial charge in [0.25, 0.3) is 0 Å². The molecule has 1 aliphatic heterocycles. The minimum atomic E-state index is 0.325. The zero-order valence-corrected chi connectivity index (χ0v) is 13.1. The van der Waals surface area contributed by atoms with Crippen molar-refractivity contribution in [3.63, 3.8) is 0 Å². The predicted octanol–water partition coefficient (Wildman–Crippen LogP) is 2.86. The number of hydrogen-bond donors (Lipinski definition) is 1. The lowest BCUT2D eigenvalue weighted by Crippen LogP contribution is -2.24. The van der Waals surface area contributed by atoms with E-state index in [1.807, 2.05) is 25.4 Å². The first-order valence-corrected chi connectivity index (χ1v) is 7.67. The average molecular weight is 298 g/mol. The molecule has 1 aromatic heterocycles. The molecule has 2 heterocycles. The van der Waals surface area contributed by atoms with Gasteiger partial charge in [-0.2, -0.15) is 0 Å². The fraction of sp³-hybridized carbons (Fsp3) is 0.412. The van der Waals surface area contributed by atoms with E-state index in [9.17, 15) is 0 Å². The fourth-order valence-electron chi connectivity index (χ4n) is 3.06. The summed E-state index contributed by atoms with van der Waals surface area (Å²) in [7, 11) is 3.59. The molecule has 22 heavy (non-hydrogen) atoms. The van der Waals surface area contributed by atoms with Gasteiger partial charge in [0, 0.05) is 19.2 Å². The second kappa shape index (κ2) is 6.75. The molecule has 0 radical (unpaired) electrons. The molecular formula is C17H22N4O. The first-order valence-electron chi connectivity index (χ1n) is 7.67. The lowest BCUT2D eigenvalue weighted by molar-refractivity contribution is 0.240. The van der Waals surface area contributed by atoms with E-state index in [1.165, 1.54) is 12.0 Å². The highest BCUT2D eigenvalue weighted by molar-refractivity contribution is 5.34. The number of ether oxygens (including phenoxy) is 1. The number of hydrogen-bond acceptors (Lipinski definition) is 5. The van der Waals surface area contributed by atoms with Gasteiger partial charge in [-0.3, -0.25) is 9.88 Å². The molecule has 0 amide bonds. The van der Waals surface area contributed by atoms with Gasteiger partial charge >= 0.3 is 0 Å². The highest BCUT2D eigenvalue weighted by atomic mass is 16.5. The smallest absolute Gasteiger partial charge is 0.144 e. The Morgan fingerprint density at radius 2 is 2.18 bits per heavy atom. The van der Waals surface area contributed by atoms with E-state index in [1.54, 1.807) is 13.3 Å². The Hall–Kier alpha value is -2.14. The van der Waals surface area contributed by atoms with Crippen molar-refractivity contribution in [1.29, 1.82) is 0 Å². The molecule has 1 aliphatic rings. The summed E-state index contributed by atoms with van der Waals surface area (Å²) in [5.41, 5.74) is 2.26. The zero-order chi connectivity index (χ0) is 15.4. The topological polar surface area (TPSA) is 50.3 Å². The van der Waals surface area contributed by atoms with E-state index in [-0.39, 0.29) is 0 Å². The molecule has 1 fully saturated rings. The summed E-state index contributed by atoms with van der Waals surface area (Å²) in [5, 5.41) is 3.06. The molecule has 1 saturated heterocycles. The Morgan fingerprint density at radius 1 is 1.32 bits per heavy atom. The van der Waals surface area contributed by atoms with E-state index >= 15 is 0 Å². The van der Waals surface area contributed by atoms with Crippen LogP contribution in [0.4, 0.5) is 5.82 Å². The normalized spacial score (nSPS) is 18.4. The lowest BCUT2D eigenvalue weighted by Gasteiger charge is -2.24. The minimum Gasteiger partial charge on any atom is -0.496 e. The van der Waals surface area contributed by atoms with Gasteiger partial charge in [-0.05, 0) is 25.5 Å². The van der Waals surface area contributed by atoms with Crippen LogP contribution in [0.2, 0.25) is 0 Å². The summed E-state index contributed by atoms with van der Waals surface area (Å²) in [6.07, 6.45) is 5.94. The molecule has 0 unspecified atom stereocenters. The molecule has 3 rings (SSSR count). The van der Waals surface area contributed by atoms with Gasteiger partial charge in [0.15, 0.2) is 0 Å². The number of nitrogens with one attached hydrogen (secondary N) is 1. The Balaban J connectivity index is 1.81. The molecule has 116 valence electrons. The summed E-state index contributed by atoms with van der Waals surface area (Å²) in [4.78, 5) is 11.4. The van der Waals surface area contributed by atoms with Gasteiger partial charge in [-0.15, -0.1) is 0 Å². The van der Waals surface area contributed by atoms with Crippen LogP contribution in [0.1, 0.15) is 30.1 Å². The number of nitrogens with zero attached hydrogens (tertiary/aromatic N) is 3. The van der Waals surface area contributed by atoms with Crippen LogP contribution < -0.4 is 10.1 Å². The number of likely N-dealkylation sites (tertiary alicyclic amines) is 1. The lowest BCUT2D eigenvalue weighted by atomic mass is 10.1. The quantitative estimate of drug-likeness (QED) is 0.920. The van der Waals surface area contributed by atoms with E-state index in [2.05, 4.69) is 32.3 Å². The van der Waals surface area contributed by atoms with E-state index in [0.29, 0.717) is 6.04 Å². The maximum Gasteiger partial charge on any atom is 0.144 e. The zero-order valence-electron chi connectivity index (χ0n) is 13.1. The summed E-state index contributed by atoms with van der Waals surface area (Å²) >= 11 is 0. The monoisotopic (exact) mass is 298 g/mol. The fourth-order valence-corrected chi connectivity index (χ4v) is 3.06. The van der Waals surface area contributed by atoms with Crippen LogP contribution in [0.15, 0.2) is 36.7 Å². The Kier molecular flexibility index (Phi) is 4.53. The van der Waals surface area contributed by atoms with Gasteiger partial charge in [-0.1, -0.05) is 18.2 Å². The number of methoxy groups -OCH3 is 1. The van der Waals surface area contributed by atoms with Gasteiger partial charge < -0.3 is 10.1 Å². The number of rotatable bonds is 5.